The van der Waals surface area contributed by atoms with Crippen molar-refractivity contribution in [2.75, 3.05) is 13.7 Å². The van der Waals surface area contributed by atoms with E-state index in [2.05, 4.69) is 5.32 Å². The number of amidine groups is 1. The number of hydrogen-bond donors (Lipinski definition) is 4. The van der Waals surface area contributed by atoms with E-state index in [-0.39, 0.29) is 24.7 Å². The number of carbonyl (C=O) groups excluding carboxylic acids is 1. The molecule has 0 saturated heterocycles. The number of rotatable bonds is 10. The Hall–Kier alpha value is -3.24. The number of aliphatic hydroxyl groups excluding tert-OH is 1. The van der Waals surface area contributed by atoms with Crippen molar-refractivity contribution in [1.82, 2.24) is 5.32 Å². The molecule has 3 atom stereocenters. The summed E-state index contributed by atoms with van der Waals surface area (Å²) in [7, 11) is 1.28. The molecule has 3 rings (SSSR count). The van der Waals surface area contributed by atoms with Crippen LogP contribution in [0.1, 0.15) is 49.0 Å². The van der Waals surface area contributed by atoms with E-state index in [1.165, 1.54) is 7.11 Å². The normalized spacial score (nSPS) is 18.4. The minimum Gasteiger partial charge on any atom is -0.497 e. The summed E-state index contributed by atoms with van der Waals surface area (Å²) in [5, 5.41) is 20.4. The summed E-state index contributed by atoms with van der Waals surface area (Å²) in [6.45, 7) is 1.61. The molecule has 8 nitrogen and oxygen atoms in total. The van der Waals surface area contributed by atoms with Crippen LogP contribution >= 0.6 is 0 Å². The van der Waals surface area contributed by atoms with E-state index in [9.17, 15) is 18.7 Å². The maximum atomic E-state index is 14.6. The van der Waals surface area contributed by atoms with Gasteiger partial charge < -0.3 is 30.4 Å². The highest BCUT2D eigenvalue weighted by Crippen LogP contribution is 2.30. The zero-order chi connectivity index (χ0) is 24.8. The Balaban J connectivity index is 1.82. The average molecular weight is 478 g/mol. The fraction of sp³-hybridized carbons (Fsp3) is 0.417. The van der Waals surface area contributed by atoms with Gasteiger partial charge in [0, 0.05) is 36.4 Å². The Kier molecular flexibility index (Phi) is 8.41. The second kappa shape index (κ2) is 11.3. The number of benzene rings is 2. The first-order chi connectivity index (χ1) is 16.2. The zero-order valence-corrected chi connectivity index (χ0v) is 19.1. The Morgan fingerprint density at radius 1 is 1.26 bits per heavy atom. The monoisotopic (exact) mass is 477 g/mol. The molecule has 2 aromatic carbocycles. The lowest BCUT2D eigenvalue weighted by Gasteiger charge is -2.22. The topological polar surface area (TPSA) is 127 Å². The Morgan fingerprint density at radius 3 is 2.53 bits per heavy atom. The lowest BCUT2D eigenvalue weighted by molar-refractivity contribution is -0.133. The summed E-state index contributed by atoms with van der Waals surface area (Å²) in [4.78, 5) is 12.9. The highest BCUT2D eigenvalue weighted by atomic mass is 19.1. The maximum Gasteiger partial charge on any atom is 0.254 e. The van der Waals surface area contributed by atoms with Crippen LogP contribution in [0.25, 0.3) is 0 Å². The largest absolute Gasteiger partial charge is 0.497 e. The molecule has 1 saturated carbocycles. The van der Waals surface area contributed by atoms with Crippen molar-refractivity contribution in [2.24, 2.45) is 5.73 Å². The summed E-state index contributed by atoms with van der Waals surface area (Å²) in [5.41, 5.74) is 6.04. The number of hydrogen-bond acceptors (Lipinski definition) is 6. The molecule has 10 heteroatoms. The Labute approximate surface area is 196 Å². The van der Waals surface area contributed by atoms with Crippen molar-refractivity contribution in [2.45, 2.75) is 51.0 Å². The standard InChI is InChI=1S/C24H29F2N3O5/c1-3-33-22(21-16(25)10-15(32-2)11-17(21)26)24(31)29-12-14-8-7-13(23(27)28)9-20(14)34-19-6-4-5-18(19)30/h7-11,18-19,22,30H,3-6,12H2,1-2H3,(H3,27,28)(H,29,31). The van der Waals surface area contributed by atoms with E-state index in [0.717, 1.165) is 18.6 Å². The number of ether oxygens (including phenoxy) is 3. The van der Waals surface area contributed by atoms with Gasteiger partial charge in [0.2, 0.25) is 0 Å². The second-order valence-corrected chi connectivity index (χ2v) is 7.95. The summed E-state index contributed by atoms with van der Waals surface area (Å²) in [6, 6.07) is 6.77. The molecule has 3 unspecified atom stereocenters. The second-order valence-electron chi connectivity index (χ2n) is 7.95. The van der Waals surface area contributed by atoms with Crippen molar-refractivity contribution in [3.63, 3.8) is 0 Å². The van der Waals surface area contributed by atoms with Crippen molar-refractivity contribution >= 4 is 11.7 Å². The van der Waals surface area contributed by atoms with Gasteiger partial charge in [-0.3, -0.25) is 10.2 Å². The molecule has 184 valence electrons. The fourth-order valence-corrected chi connectivity index (χ4v) is 3.85. The summed E-state index contributed by atoms with van der Waals surface area (Å²) < 4.78 is 45.4. The van der Waals surface area contributed by atoms with Gasteiger partial charge in [-0.2, -0.15) is 0 Å². The lowest BCUT2D eigenvalue weighted by atomic mass is 10.1. The Morgan fingerprint density at radius 2 is 1.97 bits per heavy atom. The number of methoxy groups -OCH3 is 1. The van der Waals surface area contributed by atoms with Crippen LogP contribution in [0, 0.1) is 17.0 Å². The maximum absolute atomic E-state index is 14.6. The Bertz CT molecular complexity index is 1030. The first kappa shape index (κ1) is 25.4. The SMILES string of the molecule is CCOC(C(=O)NCc1ccc(C(=N)N)cc1OC1CCCC1O)c1c(F)cc(OC)cc1F. The first-order valence-electron chi connectivity index (χ1n) is 11.0. The number of amides is 1. The van der Waals surface area contributed by atoms with E-state index in [0.29, 0.717) is 29.7 Å². The number of nitrogens with two attached hydrogens (primary N) is 1. The molecule has 1 amide bonds. The van der Waals surface area contributed by atoms with E-state index in [1.807, 2.05) is 0 Å². The number of halogens is 2. The van der Waals surface area contributed by atoms with Gasteiger partial charge in [-0.1, -0.05) is 12.1 Å². The fourth-order valence-electron chi connectivity index (χ4n) is 3.85. The zero-order valence-electron chi connectivity index (χ0n) is 19.1. The number of carbonyl (C=O) groups is 1. The quantitative estimate of drug-likeness (QED) is 0.308. The summed E-state index contributed by atoms with van der Waals surface area (Å²) in [6.07, 6.45) is -0.451. The van der Waals surface area contributed by atoms with Crippen molar-refractivity contribution in [3.8, 4) is 11.5 Å². The highest BCUT2D eigenvalue weighted by molar-refractivity contribution is 5.95. The van der Waals surface area contributed by atoms with Gasteiger partial charge >= 0.3 is 0 Å². The molecule has 1 fully saturated rings. The van der Waals surface area contributed by atoms with Crippen molar-refractivity contribution in [1.29, 1.82) is 5.41 Å². The smallest absolute Gasteiger partial charge is 0.254 e. The van der Waals surface area contributed by atoms with E-state index >= 15 is 0 Å². The van der Waals surface area contributed by atoms with Crippen LogP contribution in [0.15, 0.2) is 30.3 Å². The van der Waals surface area contributed by atoms with Gasteiger partial charge in [-0.15, -0.1) is 0 Å². The molecular formula is C24H29F2N3O5. The molecule has 0 spiro atoms. The highest BCUT2D eigenvalue weighted by Gasteiger charge is 2.30. The van der Waals surface area contributed by atoms with E-state index < -0.39 is 41.4 Å². The summed E-state index contributed by atoms with van der Waals surface area (Å²) in [5.74, 6) is -2.49. The van der Waals surface area contributed by atoms with Crippen molar-refractivity contribution in [3.05, 3.63) is 58.7 Å². The molecule has 0 aromatic heterocycles. The van der Waals surface area contributed by atoms with Crippen LogP contribution in [0.4, 0.5) is 8.78 Å². The van der Waals surface area contributed by atoms with Gasteiger partial charge in [0.25, 0.3) is 5.91 Å². The van der Waals surface area contributed by atoms with Crippen LogP contribution < -0.4 is 20.5 Å². The molecular weight excluding hydrogens is 448 g/mol. The van der Waals surface area contributed by atoms with Gasteiger partial charge in [0.05, 0.1) is 18.8 Å². The molecule has 0 aliphatic heterocycles. The van der Waals surface area contributed by atoms with Crippen LogP contribution in [0.3, 0.4) is 0 Å². The van der Waals surface area contributed by atoms with Gasteiger partial charge in [0.15, 0.2) is 6.10 Å². The third-order valence-electron chi connectivity index (χ3n) is 5.65. The van der Waals surface area contributed by atoms with Gasteiger partial charge in [-0.25, -0.2) is 8.78 Å². The predicted molar refractivity (Wildman–Crippen MR) is 121 cm³/mol. The van der Waals surface area contributed by atoms with Crippen molar-refractivity contribution < 1.29 is 32.9 Å². The van der Waals surface area contributed by atoms with E-state index in [1.54, 1.807) is 25.1 Å². The molecule has 1 aliphatic rings. The minimum atomic E-state index is -1.52. The van der Waals surface area contributed by atoms with Crippen LogP contribution in [-0.4, -0.2) is 42.8 Å². The number of nitrogens with one attached hydrogen (secondary N) is 2. The molecule has 2 aromatic rings. The molecule has 0 bridgehead atoms. The number of aliphatic hydroxyl groups is 1. The molecule has 0 radical (unpaired) electrons. The molecule has 5 N–H and O–H groups in total. The van der Waals surface area contributed by atoms with Gasteiger partial charge in [0.1, 0.15) is 35.1 Å². The third-order valence-corrected chi connectivity index (χ3v) is 5.65. The predicted octanol–water partition coefficient (Wildman–Crippen LogP) is 2.94. The minimum absolute atomic E-state index is 0.0177. The molecule has 1 aliphatic carbocycles. The van der Waals surface area contributed by atoms with Crippen LogP contribution in [0.5, 0.6) is 11.5 Å². The number of nitrogen functional groups attached to an aromatic ring is 1. The molecule has 34 heavy (non-hydrogen) atoms. The average Bonchev–Trinajstić information content (AvgIpc) is 3.20. The van der Waals surface area contributed by atoms with Crippen LogP contribution in [-0.2, 0) is 16.1 Å². The summed E-state index contributed by atoms with van der Waals surface area (Å²) >= 11 is 0. The lowest BCUT2D eigenvalue weighted by Crippen LogP contribution is -2.32. The molecule has 0 heterocycles. The van der Waals surface area contributed by atoms with Crippen LogP contribution in [0.2, 0.25) is 0 Å². The van der Waals surface area contributed by atoms with E-state index in [4.69, 9.17) is 25.4 Å². The third kappa shape index (κ3) is 5.81. The van der Waals surface area contributed by atoms with Gasteiger partial charge in [-0.05, 0) is 32.3 Å². The first-order valence-corrected chi connectivity index (χ1v) is 11.0.